The summed E-state index contributed by atoms with van der Waals surface area (Å²) in [4.78, 5) is 36.4. The molecule has 3 rings (SSSR count). The molecule has 188 valence electrons. The van der Waals surface area contributed by atoms with Gasteiger partial charge in [-0.3, -0.25) is 9.59 Å². The molecule has 9 heteroatoms. The van der Waals surface area contributed by atoms with Gasteiger partial charge in [-0.15, -0.1) is 0 Å². The lowest BCUT2D eigenvalue weighted by molar-refractivity contribution is -0.116. The number of carbonyl (C=O) groups excluding carboxylic acids is 3. The van der Waals surface area contributed by atoms with Crippen molar-refractivity contribution in [3.8, 4) is 11.5 Å². The first kappa shape index (κ1) is 26.6. The molecule has 0 aliphatic carbocycles. The van der Waals surface area contributed by atoms with Crippen LogP contribution in [0.4, 0.5) is 10.5 Å². The van der Waals surface area contributed by atoms with E-state index in [4.69, 9.17) is 25.8 Å². The minimum absolute atomic E-state index is 0.159. The number of hydrogen-bond acceptors (Lipinski definition) is 6. The number of para-hydroxylation sites is 2. The molecule has 36 heavy (non-hydrogen) atoms. The fourth-order valence-electron chi connectivity index (χ4n) is 3.18. The molecule has 0 radical (unpaired) electrons. The van der Waals surface area contributed by atoms with Gasteiger partial charge in [-0.05, 0) is 61.4 Å². The Morgan fingerprint density at radius 1 is 0.917 bits per heavy atom. The third-order valence-electron chi connectivity index (χ3n) is 4.95. The second-order valence-electron chi connectivity index (χ2n) is 7.58. The van der Waals surface area contributed by atoms with Crippen molar-refractivity contribution in [2.45, 2.75) is 26.3 Å². The quantitative estimate of drug-likeness (QED) is 0.198. The van der Waals surface area contributed by atoms with Gasteiger partial charge in [0.15, 0.2) is 0 Å². The molecule has 2 N–H and O–H groups in total. The predicted molar refractivity (Wildman–Crippen MR) is 137 cm³/mol. The van der Waals surface area contributed by atoms with Crippen molar-refractivity contribution >= 4 is 35.3 Å². The molecule has 0 atom stereocenters. The van der Waals surface area contributed by atoms with Crippen LogP contribution in [0.5, 0.6) is 11.5 Å². The number of halogens is 1. The zero-order valence-electron chi connectivity index (χ0n) is 19.8. The number of hydrogen-bond donors (Lipinski definition) is 2. The van der Waals surface area contributed by atoms with E-state index in [1.807, 2.05) is 30.3 Å². The highest BCUT2D eigenvalue weighted by molar-refractivity contribution is 6.32. The van der Waals surface area contributed by atoms with Crippen LogP contribution in [0, 0.1) is 0 Å². The van der Waals surface area contributed by atoms with Gasteiger partial charge < -0.3 is 24.8 Å². The fourth-order valence-corrected chi connectivity index (χ4v) is 3.37. The van der Waals surface area contributed by atoms with E-state index in [0.717, 1.165) is 5.56 Å². The van der Waals surface area contributed by atoms with E-state index in [1.165, 1.54) is 12.1 Å². The second kappa shape index (κ2) is 13.7. The Labute approximate surface area is 214 Å². The number of anilines is 1. The van der Waals surface area contributed by atoms with E-state index in [2.05, 4.69) is 10.6 Å². The molecule has 0 aliphatic heterocycles. The number of ether oxygens (including phenoxy) is 3. The molecule has 0 fully saturated rings. The van der Waals surface area contributed by atoms with E-state index < -0.39 is 6.16 Å². The van der Waals surface area contributed by atoms with E-state index in [0.29, 0.717) is 35.1 Å². The standard InChI is InChI=1S/C27H27ClN2O6/c1-2-34-27(33)36-21-15-13-19(14-16-21)26(32)29-18-20-8-3-5-10-23(20)30-25(31)12-7-17-35-24-11-6-4-9-22(24)28/h3-6,8-11,13-16H,2,7,12,17-18H2,1H3,(H,29,32)(H,30,31). The van der Waals surface area contributed by atoms with Gasteiger partial charge >= 0.3 is 6.16 Å². The zero-order chi connectivity index (χ0) is 25.8. The smallest absolute Gasteiger partial charge is 0.492 e. The molecule has 0 heterocycles. The van der Waals surface area contributed by atoms with Crippen molar-refractivity contribution in [2.24, 2.45) is 0 Å². The summed E-state index contributed by atoms with van der Waals surface area (Å²) in [6, 6.07) is 20.5. The minimum atomic E-state index is -0.804. The summed E-state index contributed by atoms with van der Waals surface area (Å²) in [5.41, 5.74) is 1.77. The van der Waals surface area contributed by atoms with Crippen LogP contribution in [-0.2, 0) is 16.1 Å². The summed E-state index contributed by atoms with van der Waals surface area (Å²) in [5, 5.41) is 6.24. The summed E-state index contributed by atoms with van der Waals surface area (Å²) in [6.45, 7) is 2.46. The SMILES string of the molecule is CCOC(=O)Oc1ccc(C(=O)NCc2ccccc2NC(=O)CCCOc2ccccc2Cl)cc1. The molecule has 0 aliphatic rings. The fraction of sp³-hybridized carbons (Fsp3) is 0.222. The minimum Gasteiger partial charge on any atom is -0.492 e. The monoisotopic (exact) mass is 510 g/mol. The average molecular weight is 511 g/mol. The Balaban J connectivity index is 1.47. The molecule has 8 nitrogen and oxygen atoms in total. The van der Waals surface area contributed by atoms with Crippen LogP contribution in [0.25, 0.3) is 0 Å². The maximum atomic E-state index is 12.5. The molecule has 0 saturated heterocycles. The Kier molecular flexibility index (Phi) is 10.1. The third kappa shape index (κ3) is 8.32. The maximum Gasteiger partial charge on any atom is 0.513 e. The highest BCUT2D eigenvalue weighted by Crippen LogP contribution is 2.23. The molecule has 0 unspecified atom stereocenters. The van der Waals surface area contributed by atoms with Gasteiger partial charge in [0.1, 0.15) is 11.5 Å². The van der Waals surface area contributed by atoms with Crippen LogP contribution in [0.3, 0.4) is 0 Å². The average Bonchev–Trinajstić information content (AvgIpc) is 2.87. The van der Waals surface area contributed by atoms with Gasteiger partial charge in [0.25, 0.3) is 5.91 Å². The van der Waals surface area contributed by atoms with Gasteiger partial charge in [0.2, 0.25) is 5.91 Å². The highest BCUT2D eigenvalue weighted by Gasteiger charge is 2.11. The first-order valence-corrected chi connectivity index (χ1v) is 11.8. The lowest BCUT2D eigenvalue weighted by Crippen LogP contribution is -2.24. The summed E-state index contributed by atoms with van der Waals surface area (Å²) in [6.07, 6.45) is -0.0153. The largest absolute Gasteiger partial charge is 0.513 e. The van der Waals surface area contributed by atoms with Gasteiger partial charge in [-0.25, -0.2) is 4.79 Å². The van der Waals surface area contributed by atoms with Crippen molar-refractivity contribution in [1.82, 2.24) is 5.32 Å². The van der Waals surface area contributed by atoms with Gasteiger partial charge in [0, 0.05) is 24.2 Å². The number of amides is 2. The first-order chi connectivity index (χ1) is 17.5. The molecule has 0 aromatic heterocycles. The number of benzene rings is 3. The lowest BCUT2D eigenvalue weighted by atomic mass is 10.1. The van der Waals surface area contributed by atoms with Crippen molar-refractivity contribution in [3.63, 3.8) is 0 Å². The Morgan fingerprint density at radius 2 is 1.64 bits per heavy atom. The predicted octanol–water partition coefficient (Wildman–Crippen LogP) is 5.60. The number of nitrogens with one attached hydrogen (secondary N) is 2. The molecule has 3 aromatic carbocycles. The lowest BCUT2D eigenvalue weighted by Gasteiger charge is -2.13. The molecular formula is C27H27ClN2O6. The number of carbonyl (C=O) groups is 3. The van der Waals surface area contributed by atoms with Crippen LogP contribution < -0.4 is 20.1 Å². The second-order valence-corrected chi connectivity index (χ2v) is 7.99. The summed E-state index contributed by atoms with van der Waals surface area (Å²) in [7, 11) is 0. The maximum absolute atomic E-state index is 12.5. The molecule has 3 aromatic rings. The van der Waals surface area contributed by atoms with E-state index >= 15 is 0 Å². The van der Waals surface area contributed by atoms with Gasteiger partial charge in [0.05, 0.1) is 18.2 Å². The molecule has 0 spiro atoms. The Bertz CT molecular complexity index is 1180. The van der Waals surface area contributed by atoms with Crippen LogP contribution in [0.15, 0.2) is 72.8 Å². The molecule has 2 amide bonds. The van der Waals surface area contributed by atoms with E-state index in [9.17, 15) is 14.4 Å². The van der Waals surface area contributed by atoms with E-state index in [1.54, 1.807) is 37.3 Å². The van der Waals surface area contributed by atoms with E-state index in [-0.39, 0.29) is 37.1 Å². The highest BCUT2D eigenvalue weighted by atomic mass is 35.5. The Hall–Kier alpha value is -4.04. The van der Waals surface area contributed by atoms with Crippen LogP contribution in [0.1, 0.15) is 35.7 Å². The van der Waals surface area contributed by atoms with Crippen LogP contribution >= 0.6 is 11.6 Å². The molecular weight excluding hydrogens is 484 g/mol. The number of rotatable bonds is 11. The first-order valence-electron chi connectivity index (χ1n) is 11.4. The van der Waals surface area contributed by atoms with Crippen LogP contribution in [-0.4, -0.2) is 31.2 Å². The Morgan fingerprint density at radius 3 is 2.39 bits per heavy atom. The molecule has 0 bridgehead atoms. The third-order valence-corrected chi connectivity index (χ3v) is 5.27. The normalized spacial score (nSPS) is 10.3. The summed E-state index contributed by atoms with van der Waals surface area (Å²) < 4.78 is 15.3. The molecule has 0 saturated carbocycles. The topological polar surface area (TPSA) is 103 Å². The summed E-state index contributed by atoms with van der Waals surface area (Å²) in [5.74, 6) is 0.390. The van der Waals surface area contributed by atoms with Crippen molar-refractivity contribution in [3.05, 3.63) is 88.9 Å². The van der Waals surface area contributed by atoms with Gasteiger partial charge in [-0.1, -0.05) is 41.9 Å². The van der Waals surface area contributed by atoms with Crippen molar-refractivity contribution in [2.75, 3.05) is 18.5 Å². The van der Waals surface area contributed by atoms with Crippen molar-refractivity contribution < 1.29 is 28.6 Å². The van der Waals surface area contributed by atoms with Gasteiger partial charge in [-0.2, -0.15) is 0 Å². The zero-order valence-corrected chi connectivity index (χ0v) is 20.5. The van der Waals surface area contributed by atoms with Crippen LogP contribution in [0.2, 0.25) is 5.02 Å². The van der Waals surface area contributed by atoms with Crippen molar-refractivity contribution in [1.29, 1.82) is 0 Å². The summed E-state index contributed by atoms with van der Waals surface area (Å²) >= 11 is 6.06.